The normalized spacial score (nSPS) is 18.4. The minimum absolute atomic E-state index is 0.140. The number of anilines is 2. The van der Waals surface area contributed by atoms with Gasteiger partial charge in [-0.3, -0.25) is 4.90 Å². The molecule has 1 heterocycles. The third-order valence-corrected chi connectivity index (χ3v) is 3.76. The van der Waals surface area contributed by atoms with E-state index in [4.69, 9.17) is 4.74 Å². The van der Waals surface area contributed by atoms with Crippen LogP contribution in [-0.2, 0) is 4.74 Å². The van der Waals surface area contributed by atoms with Crippen LogP contribution in [0, 0.1) is 11.6 Å². The first-order valence-corrected chi connectivity index (χ1v) is 7.44. The van der Waals surface area contributed by atoms with E-state index in [0.29, 0.717) is 11.4 Å². The fourth-order valence-electron chi connectivity index (χ4n) is 2.44. The number of cyclic esters (lactones) is 1. The third-order valence-electron chi connectivity index (χ3n) is 3.76. The van der Waals surface area contributed by atoms with E-state index in [1.807, 2.05) is 0 Å². The van der Waals surface area contributed by atoms with E-state index >= 15 is 0 Å². The lowest BCUT2D eigenvalue weighted by Gasteiger charge is -2.18. The number of aliphatic hydroxyl groups is 1. The minimum Gasteiger partial charge on any atom is -0.441 e. The lowest BCUT2D eigenvalue weighted by Crippen LogP contribution is -2.36. The number of hydrogen-bond acceptors (Lipinski definition) is 4. The maximum absolute atomic E-state index is 13.0. The summed E-state index contributed by atoms with van der Waals surface area (Å²) in [6.45, 7) is 0.303. The molecular formula is C17H16F2N2O3. The van der Waals surface area contributed by atoms with Gasteiger partial charge >= 0.3 is 6.09 Å². The molecule has 0 saturated carbocycles. The second-order valence-corrected chi connectivity index (χ2v) is 5.46. The molecule has 0 bridgehead atoms. The van der Waals surface area contributed by atoms with Gasteiger partial charge in [0, 0.05) is 17.9 Å². The van der Waals surface area contributed by atoms with Crippen LogP contribution in [0.25, 0.3) is 0 Å². The Hall–Kier alpha value is -2.67. The van der Waals surface area contributed by atoms with Crippen LogP contribution in [-0.4, -0.2) is 36.5 Å². The van der Waals surface area contributed by atoms with Gasteiger partial charge in [0.1, 0.15) is 23.8 Å². The average molecular weight is 334 g/mol. The van der Waals surface area contributed by atoms with Crippen LogP contribution in [0.1, 0.15) is 0 Å². The fraction of sp³-hybridized carbons (Fsp3) is 0.235. The molecule has 1 aliphatic heterocycles. The molecule has 3 rings (SSSR count). The SMILES string of the molecule is O=C1OC(C(O)CNc2ccc(F)cc2)CN1c1ccc(F)cc1. The number of hydrogen-bond donors (Lipinski definition) is 2. The van der Waals surface area contributed by atoms with Crippen molar-refractivity contribution in [1.29, 1.82) is 0 Å². The summed E-state index contributed by atoms with van der Waals surface area (Å²) in [5.41, 5.74) is 1.15. The maximum Gasteiger partial charge on any atom is 0.414 e. The molecule has 2 aromatic rings. The van der Waals surface area contributed by atoms with Gasteiger partial charge in [-0.2, -0.15) is 0 Å². The number of ether oxygens (including phenoxy) is 1. The number of aliphatic hydroxyl groups excluding tert-OH is 1. The average Bonchev–Trinajstić information content (AvgIpc) is 2.97. The zero-order valence-corrected chi connectivity index (χ0v) is 12.7. The molecule has 1 fully saturated rings. The molecule has 1 aliphatic rings. The second kappa shape index (κ2) is 6.84. The van der Waals surface area contributed by atoms with Crippen molar-refractivity contribution in [2.75, 3.05) is 23.3 Å². The van der Waals surface area contributed by atoms with Gasteiger partial charge in [0.2, 0.25) is 0 Å². The molecular weight excluding hydrogens is 318 g/mol. The predicted octanol–water partition coefficient (Wildman–Crippen LogP) is 2.76. The summed E-state index contributed by atoms with van der Waals surface area (Å²) in [4.78, 5) is 13.3. The summed E-state index contributed by atoms with van der Waals surface area (Å²) in [6.07, 6.45) is -2.24. The molecule has 2 atom stereocenters. The predicted molar refractivity (Wildman–Crippen MR) is 84.9 cm³/mol. The summed E-state index contributed by atoms with van der Waals surface area (Å²) in [7, 11) is 0. The Balaban J connectivity index is 1.58. The van der Waals surface area contributed by atoms with E-state index in [2.05, 4.69) is 5.32 Å². The summed E-state index contributed by atoms with van der Waals surface area (Å²) >= 11 is 0. The third kappa shape index (κ3) is 3.62. The Kier molecular flexibility index (Phi) is 4.61. The molecule has 2 N–H and O–H groups in total. The van der Waals surface area contributed by atoms with Crippen LogP contribution in [0.3, 0.4) is 0 Å². The highest BCUT2D eigenvalue weighted by Crippen LogP contribution is 2.23. The highest BCUT2D eigenvalue weighted by Gasteiger charge is 2.36. The molecule has 0 aromatic heterocycles. The first-order valence-electron chi connectivity index (χ1n) is 7.44. The molecule has 1 saturated heterocycles. The van der Waals surface area contributed by atoms with Crippen molar-refractivity contribution >= 4 is 17.5 Å². The highest BCUT2D eigenvalue weighted by atomic mass is 19.1. The summed E-state index contributed by atoms with van der Waals surface area (Å²) < 4.78 is 31.0. The quantitative estimate of drug-likeness (QED) is 0.883. The molecule has 2 aromatic carbocycles. The van der Waals surface area contributed by atoms with Crippen molar-refractivity contribution in [3.8, 4) is 0 Å². The fourth-order valence-corrected chi connectivity index (χ4v) is 2.44. The van der Waals surface area contributed by atoms with E-state index in [9.17, 15) is 18.7 Å². The van der Waals surface area contributed by atoms with Gasteiger partial charge in [-0.05, 0) is 48.5 Å². The summed E-state index contributed by atoms with van der Waals surface area (Å²) in [5.74, 6) is -0.743. The minimum atomic E-state index is -0.940. The molecule has 0 spiro atoms. The molecule has 1 amide bonds. The zero-order valence-electron chi connectivity index (χ0n) is 12.7. The number of nitrogens with zero attached hydrogens (tertiary/aromatic N) is 1. The maximum atomic E-state index is 13.0. The van der Waals surface area contributed by atoms with Crippen LogP contribution >= 0.6 is 0 Å². The number of carbonyl (C=O) groups excluding carboxylic acids is 1. The number of benzene rings is 2. The van der Waals surface area contributed by atoms with Crippen molar-refractivity contribution in [3.63, 3.8) is 0 Å². The van der Waals surface area contributed by atoms with Gasteiger partial charge in [0.25, 0.3) is 0 Å². The first kappa shape index (κ1) is 16.2. The van der Waals surface area contributed by atoms with Gasteiger partial charge in [-0.1, -0.05) is 0 Å². The van der Waals surface area contributed by atoms with E-state index in [1.165, 1.54) is 41.3 Å². The largest absolute Gasteiger partial charge is 0.441 e. The Bertz CT molecular complexity index is 707. The Morgan fingerprint density at radius 2 is 1.71 bits per heavy atom. The van der Waals surface area contributed by atoms with Crippen LogP contribution < -0.4 is 10.2 Å². The van der Waals surface area contributed by atoms with Crippen LogP contribution in [0.4, 0.5) is 25.0 Å². The van der Waals surface area contributed by atoms with Gasteiger partial charge in [0.05, 0.1) is 6.54 Å². The van der Waals surface area contributed by atoms with Crippen LogP contribution in [0.2, 0.25) is 0 Å². The number of amides is 1. The molecule has 7 heteroatoms. The molecule has 2 unspecified atom stereocenters. The monoisotopic (exact) mass is 334 g/mol. The van der Waals surface area contributed by atoms with Crippen molar-refractivity contribution in [1.82, 2.24) is 0 Å². The van der Waals surface area contributed by atoms with E-state index < -0.39 is 24.1 Å². The lowest BCUT2D eigenvalue weighted by molar-refractivity contribution is 0.0403. The van der Waals surface area contributed by atoms with Crippen molar-refractivity contribution in [3.05, 3.63) is 60.2 Å². The number of rotatable bonds is 5. The molecule has 0 radical (unpaired) electrons. The summed E-state index contributed by atoms with van der Waals surface area (Å²) in [6, 6.07) is 11.2. The summed E-state index contributed by atoms with van der Waals surface area (Å²) in [5, 5.41) is 13.1. The number of nitrogens with one attached hydrogen (secondary N) is 1. The molecule has 5 nitrogen and oxygen atoms in total. The van der Waals surface area contributed by atoms with Crippen molar-refractivity contribution in [2.45, 2.75) is 12.2 Å². The van der Waals surface area contributed by atoms with E-state index in [1.54, 1.807) is 12.1 Å². The van der Waals surface area contributed by atoms with Gasteiger partial charge in [-0.15, -0.1) is 0 Å². The molecule has 126 valence electrons. The van der Waals surface area contributed by atoms with Gasteiger partial charge in [-0.25, -0.2) is 13.6 Å². The topological polar surface area (TPSA) is 61.8 Å². The second-order valence-electron chi connectivity index (χ2n) is 5.46. The van der Waals surface area contributed by atoms with Gasteiger partial charge < -0.3 is 15.2 Å². The van der Waals surface area contributed by atoms with E-state index in [0.717, 1.165) is 0 Å². The Morgan fingerprint density at radius 3 is 2.33 bits per heavy atom. The lowest BCUT2D eigenvalue weighted by atomic mass is 10.2. The highest BCUT2D eigenvalue weighted by molar-refractivity contribution is 5.89. The first-order chi connectivity index (χ1) is 11.5. The zero-order chi connectivity index (χ0) is 17.1. The van der Waals surface area contributed by atoms with Crippen LogP contribution in [0.15, 0.2) is 48.5 Å². The molecule has 24 heavy (non-hydrogen) atoms. The van der Waals surface area contributed by atoms with Crippen LogP contribution in [0.5, 0.6) is 0 Å². The smallest absolute Gasteiger partial charge is 0.414 e. The standard InChI is InChI=1S/C17H16F2N2O3/c18-11-1-5-13(6-2-11)20-9-15(22)16-10-21(17(23)24-16)14-7-3-12(19)4-8-14/h1-8,15-16,20,22H,9-10H2. The van der Waals surface area contributed by atoms with Crippen molar-refractivity contribution < 1.29 is 23.4 Å². The van der Waals surface area contributed by atoms with Crippen molar-refractivity contribution in [2.24, 2.45) is 0 Å². The Labute approximate surface area is 137 Å². The molecule has 0 aliphatic carbocycles. The van der Waals surface area contributed by atoms with Gasteiger partial charge in [0.15, 0.2) is 0 Å². The Morgan fingerprint density at radius 1 is 1.12 bits per heavy atom. The number of halogens is 2. The van der Waals surface area contributed by atoms with E-state index in [-0.39, 0.29) is 18.9 Å². The number of carbonyl (C=O) groups is 1.